The summed E-state index contributed by atoms with van der Waals surface area (Å²) < 4.78 is 0. The van der Waals surface area contributed by atoms with E-state index in [9.17, 15) is 10.3 Å². The van der Waals surface area contributed by atoms with Gasteiger partial charge in [-0.1, -0.05) is 0 Å². The van der Waals surface area contributed by atoms with Crippen LogP contribution in [0.5, 0.6) is 0 Å². The molecule has 0 amide bonds. The normalized spacial score (nSPS) is 40.2. The first kappa shape index (κ1) is 10.6. The van der Waals surface area contributed by atoms with Gasteiger partial charge in [-0.3, -0.25) is 4.99 Å². The molecule has 4 heteroatoms. The average Bonchev–Trinajstić information content (AvgIpc) is 1.99. The Hall–Kier alpha value is -0.450. The Labute approximate surface area is 78.9 Å². The van der Waals surface area contributed by atoms with Crippen molar-refractivity contribution in [3.8, 4) is 0 Å². The van der Waals surface area contributed by atoms with Crippen LogP contribution in [0.2, 0.25) is 0 Å². The minimum Gasteiger partial charge on any atom is -0.393 e. The number of aliphatic hydroxyl groups is 1. The summed E-state index contributed by atoms with van der Waals surface area (Å²) in [6.45, 7) is 8.96. The quantitative estimate of drug-likeness (QED) is 0.601. The molecule has 0 aromatic carbocycles. The minimum absolute atomic E-state index is 0.422. The lowest BCUT2D eigenvalue weighted by Gasteiger charge is -2.49. The molecule has 2 unspecified atom stereocenters. The van der Waals surface area contributed by atoms with Crippen LogP contribution in [-0.4, -0.2) is 39.4 Å². The number of piperidine rings is 1. The van der Waals surface area contributed by atoms with Gasteiger partial charge in [0, 0.05) is 12.0 Å². The fourth-order valence-electron chi connectivity index (χ4n) is 2.05. The van der Waals surface area contributed by atoms with E-state index < -0.39 is 17.3 Å². The van der Waals surface area contributed by atoms with Gasteiger partial charge in [0.15, 0.2) is 0 Å². The summed E-state index contributed by atoms with van der Waals surface area (Å²) in [6.07, 6.45) is 0.555. The van der Waals surface area contributed by atoms with Gasteiger partial charge < -0.3 is 10.3 Å². The Morgan fingerprint density at radius 3 is 2.38 bits per heavy atom. The lowest BCUT2D eigenvalue weighted by Crippen LogP contribution is -2.60. The largest absolute Gasteiger partial charge is 0.393 e. The SMILES string of the molecule is C=NC1(C)CC(O)CC(C)(C)N1O. The number of rotatable bonds is 1. The van der Waals surface area contributed by atoms with Gasteiger partial charge in [0.25, 0.3) is 0 Å². The lowest BCUT2D eigenvalue weighted by atomic mass is 9.84. The third-order valence-electron chi connectivity index (χ3n) is 2.73. The van der Waals surface area contributed by atoms with Gasteiger partial charge in [0.1, 0.15) is 5.66 Å². The van der Waals surface area contributed by atoms with Gasteiger partial charge in [0.2, 0.25) is 0 Å². The van der Waals surface area contributed by atoms with Crippen molar-refractivity contribution in [1.29, 1.82) is 0 Å². The van der Waals surface area contributed by atoms with Crippen molar-refractivity contribution in [2.45, 2.75) is 50.9 Å². The molecule has 0 radical (unpaired) electrons. The maximum atomic E-state index is 9.86. The molecule has 4 nitrogen and oxygen atoms in total. The summed E-state index contributed by atoms with van der Waals surface area (Å²) >= 11 is 0. The number of hydrogen-bond acceptors (Lipinski definition) is 4. The number of aliphatic hydroxyl groups excluding tert-OH is 1. The Bertz CT molecular complexity index is 218. The van der Waals surface area contributed by atoms with Gasteiger partial charge in [-0.2, -0.15) is 5.06 Å². The topological polar surface area (TPSA) is 56.1 Å². The summed E-state index contributed by atoms with van der Waals surface area (Å²) in [6, 6.07) is 0. The predicted molar refractivity (Wildman–Crippen MR) is 50.9 cm³/mol. The zero-order valence-electron chi connectivity index (χ0n) is 8.49. The zero-order chi connectivity index (χ0) is 10.3. The first-order valence-corrected chi connectivity index (χ1v) is 4.47. The molecular formula is C9H18N2O2. The molecule has 2 N–H and O–H groups in total. The van der Waals surface area contributed by atoms with Crippen molar-refractivity contribution in [3.63, 3.8) is 0 Å². The van der Waals surface area contributed by atoms with E-state index in [4.69, 9.17) is 0 Å². The maximum absolute atomic E-state index is 9.86. The van der Waals surface area contributed by atoms with E-state index in [-0.39, 0.29) is 0 Å². The highest BCUT2D eigenvalue weighted by Crippen LogP contribution is 2.37. The van der Waals surface area contributed by atoms with Crippen molar-refractivity contribution in [2.75, 3.05) is 0 Å². The zero-order valence-corrected chi connectivity index (χ0v) is 8.49. The number of nitrogens with zero attached hydrogens (tertiary/aromatic N) is 2. The van der Waals surface area contributed by atoms with Crippen LogP contribution >= 0.6 is 0 Å². The van der Waals surface area contributed by atoms with Gasteiger partial charge in [-0.15, -0.1) is 0 Å². The first-order chi connectivity index (χ1) is 5.82. The fourth-order valence-corrected chi connectivity index (χ4v) is 2.05. The molecule has 0 saturated carbocycles. The lowest BCUT2D eigenvalue weighted by molar-refractivity contribution is -0.259. The summed E-state index contributed by atoms with van der Waals surface area (Å²) in [5.41, 5.74) is -1.21. The fraction of sp³-hybridized carbons (Fsp3) is 0.889. The van der Waals surface area contributed by atoms with Crippen molar-refractivity contribution in [3.05, 3.63) is 0 Å². The van der Waals surface area contributed by atoms with Crippen molar-refractivity contribution in [1.82, 2.24) is 5.06 Å². The Morgan fingerprint density at radius 1 is 1.38 bits per heavy atom. The van der Waals surface area contributed by atoms with Crippen LogP contribution in [0.1, 0.15) is 33.6 Å². The van der Waals surface area contributed by atoms with Crippen LogP contribution in [0.25, 0.3) is 0 Å². The molecule has 0 aromatic rings. The third kappa shape index (κ3) is 1.75. The monoisotopic (exact) mass is 186 g/mol. The second kappa shape index (κ2) is 3.04. The summed E-state index contributed by atoms with van der Waals surface area (Å²) in [5.74, 6) is 0. The van der Waals surface area contributed by atoms with Crippen LogP contribution < -0.4 is 0 Å². The van der Waals surface area contributed by atoms with Gasteiger partial charge in [-0.25, -0.2) is 0 Å². The first-order valence-electron chi connectivity index (χ1n) is 4.47. The van der Waals surface area contributed by atoms with Crippen molar-refractivity contribution < 1.29 is 10.3 Å². The molecular weight excluding hydrogens is 168 g/mol. The number of aliphatic imine (C=N–C) groups is 1. The minimum atomic E-state index is -0.763. The van der Waals surface area contributed by atoms with Gasteiger partial charge in [0.05, 0.1) is 6.10 Å². The molecule has 13 heavy (non-hydrogen) atoms. The smallest absolute Gasteiger partial charge is 0.134 e. The van der Waals surface area contributed by atoms with E-state index in [0.29, 0.717) is 12.8 Å². The molecule has 1 fully saturated rings. The maximum Gasteiger partial charge on any atom is 0.134 e. The molecule has 1 rings (SSSR count). The van der Waals surface area contributed by atoms with Gasteiger partial charge >= 0.3 is 0 Å². The van der Waals surface area contributed by atoms with E-state index in [1.807, 2.05) is 13.8 Å². The van der Waals surface area contributed by atoms with Crippen LogP contribution in [0, 0.1) is 0 Å². The average molecular weight is 186 g/mol. The molecule has 2 atom stereocenters. The predicted octanol–water partition coefficient (Wildman–Crippen LogP) is 1.03. The number of hydrogen-bond donors (Lipinski definition) is 2. The van der Waals surface area contributed by atoms with Crippen molar-refractivity contribution >= 4 is 6.72 Å². The summed E-state index contributed by atoms with van der Waals surface area (Å²) in [7, 11) is 0. The summed E-state index contributed by atoms with van der Waals surface area (Å²) in [4.78, 5) is 3.87. The van der Waals surface area contributed by atoms with Gasteiger partial charge in [-0.05, 0) is 33.9 Å². The molecule has 0 spiro atoms. The Morgan fingerprint density at radius 2 is 1.92 bits per heavy atom. The van der Waals surface area contributed by atoms with E-state index in [1.54, 1.807) is 6.92 Å². The third-order valence-corrected chi connectivity index (χ3v) is 2.73. The Kier molecular flexibility index (Phi) is 2.49. The van der Waals surface area contributed by atoms with E-state index in [1.165, 1.54) is 5.06 Å². The highest BCUT2D eigenvalue weighted by Gasteiger charge is 2.46. The molecule has 1 aliphatic rings. The number of hydroxylamine groups is 2. The highest BCUT2D eigenvalue weighted by atomic mass is 16.5. The standard InChI is InChI=1S/C9H18N2O2/c1-8(2)5-7(12)6-9(3,10-4)11(8)13/h7,12-13H,4-6H2,1-3H3. The molecule has 1 aliphatic heterocycles. The summed E-state index contributed by atoms with van der Waals surface area (Å²) in [5, 5.41) is 20.7. The van der Waals surface area contributed by atoms with Crippen LogP contribution in [0.3, 0.4) is 0 Å². The van der Waals surface area contributed by atoms with Crippen LogP contribution in [0.15, 0.2) is 4.99 Å². The molecule has 1 heterocycles. The van der Waals surface area contributed by atoms with E-state index >= 15 is 0 Å². The van der Waals surface area contributed by atoms with E-state index in [0.717, 1.165) is 0 Å². The molecule has 0 aromatic heterocycles. The van der Waals surface area contributed by atoms with Crippen molar-refractivity contribution in [2.24, 2.45) is 4.99 Å². The highest BCUT2D eigenvalue weighted by molar-refractivity contribution is 5.26. The second-order valence-corrected chi connectivity index (χ2v) is 4.56. The molecule has 0 aliphatic carbocycles. The second-order valence-electron chi connectivity index (χ2n) is 4.56. The molecule has 1 saturated heterocycles. The van der Waals surface area contributed by atoms with E-state index in [2.05, 4.69) is 11.7 Å². The molecule has 76 valence electrons. The Balaban J connectivity index is 2.94. The van der Waals surface area contributed by atoms with Crippen LogP contribution in [-0.2, 0) is 0 Å². The van der Waals surface area contributed by atoms with Crippen LogP contribution in [0.4, 0.5) is 0 Å². The molecule has 0 bridgehead atoms.